The highest BCUT2D eigenvalue weighted by Gasteiger charge is 2.38. The summed E-state index contributed by atoms with van der Waals surface area (Å²) in [6, 6.07) is 4.53. The van der Waals surface area contributed by atoms with Crippen molar-refractivity contribution in [2.45, 2.75) is 38.3 Å². The summed E-state index contributed by atoms with van der Waals surface area (Å²) in [6.07, 6.45) is 3.67. The Kier molecular flexibility index (Phi) is 2.76. The van der Waals surface area contributed by atoms with E-state index in [2.05, 4.69) is 14.5 Å². The van der Waals surface area contributed by atoms with Crippen molar-refractivity contribution in [3.63, 3.8) is 0 Å². The molecule has 1 N–H and O–H groups in total. The molecule has 5 heteroatoms. The highest BCUT2D eigenvalue weighted by Crippen LogP contribution is 2.38. The monoisotopic (exact) mass is 291 g/mol. The fourth-order valence-electron chi connectivity index (χ4n) is 3.94. The number of rotatable bonds is 1. The van der Waals surface area contributed by atoms with Crippen molar-refractivity contribution in [1.29, 1.82) is 0 Å². The van der Waals surface area contributed by atoms with Crippen LogP contribution in [0.15, 0.2) is 12.1 Å². The first-order valence-corrected chi connectivity index (χ1v) is 7.70. The van der Waals surface area contributed by atoms with Gasteiger partial charge in [0.1, 0.15) is 5.82 Å². The molecule has 2 aliphatic heterocycles. The number of hydrogen-bond acceptors (Lipinski definition) is 2. The molecule has 2 aliphatic rings. The molecule has 1 aromatic heterocycles. The van der Waals surface area contributed by atoms with Gasteiger partial charge in [0, 0.05) is 12.6 Å². The molecular weight excluding hydrogens is 273 g/mol. The minimum atomic E-state index is -0.171. The molecule has 3 nitrogen and oxygen atoms in total. The zero-order valence-corrected chi connectivity index (χ0v) is 12.3. The van der Waals surface area contributed by atoms with E-state index in [1.165, 1.54) is 19.4 Å². The minimum Gasteiger partial charge on any atom is -0.330 e. The summed E-state index contributed by atoms with van der Waals surface area (Å²) >= 11 is 5.50. The number of aromatic amines is 1. The second kappa shape index (κ2) is 4.40. The fourth-order valence-corrected chi connectivity index (χ4v) is 4.28. The van der Waals surface area contributed by atoms with Crippen LogP contribution in [0.25, 0.3) is 11.0 Å². The first kappa shape index (κ1) is 12.5. The van der Waals surface area contributed by atoms with Crippen molar-refractivity contribution in [2.75, 3.05) is 13.1 Å². The number of benzene rings is 1. The van der Waals surface area contributed by atoms with Gasteiger partial charge in [0.05, 0.1) is 17.1 Å². The Morgan fingerprint density at radius 2 is 2.10 bits per heavy atom. The number of nitrogens with zero attached hydrogens (tertiary/aromatic N) is 2. The molecule has 2 saturated heterocycles. The zero-order chi connectivity index (χ0) is 13.9. The van der Waals surface area contributed by atoms with Crippen LogP contribution in [-0.4, -0.2) is 33.6 Å². The third-order valence-corrected chi connectivity index (χ3v) is 5.20. The molecule has 4 rings (SSSR count). The number of halogens is 1. The van der Waals surface area contributed by atoms with Crippen LogP contribution >= 0.6 is 12.2 Å². The van der Waals surface area contributed by atoms with Crippen LogP contribution in [0, 0.1) is 17.5 Å². The van der Waals surface area contributed by atoms with E-state index in [1.807, 2.05) is 13.0 Å². The van der Waals surface area contributed by atoms with Gasteiger partial charge in [-0.25, -0.2) is 4.39 Å². The summed E-state index contributed by atoms with van der Waals surface area (Å²) in [4.78, 5) is 5.74. The maximum Gasteiger partial charge on any atom is 0.178 e. The van der Waals surface area contributed by atoms with Gasteiger partial charge in [-0.3, -0.25) is 4.90 Å². The lowest BCUT2D eigenvalue weighted by Crippen LogP contribution is -2.27. The molecule has 2 unspecified atom stereocenters. The maximum atomic E-state index is 13.7. The number of H-pyrrole nitrogens is 1. The van der Waals surface area contributed by atoms with E-state index in [4.69, 9.17) is 12.2 Å². The zero-order valence-electron chi connectivity index (χ0n) is 11.5. The highest BCUT2D eigenvalue weighted by atomic mass is 32.1. The van der Waals surface area contributed by atoms with Crippen molar-refractivity contribution in [3.05, 3.63) is 28.3 Å². The standard InChI is InChI=1S/C15H18FN3S/c1-9-7-14-11(8-10(9)16)17-15(20)19(14)13-4-6-18-5-2-3-12(13)18/h7-8,12-13H,2-6H2,1H3,(H,17,20). The Balaban J connectivity index is 1.89. The molecule has 1 aromatic carbocycles. The lowest BCUT2D eigenvalue weighted by molar-refractivity contribution is 0.291. The van der Waals surface area contributed by atoms with E-state index in [0.29, 0.717) is 17.6 Å². The van der Waals surface area contributed by atoms with Gasteiger partial charge >= 0.3 is 0 Å². The Bertz CT molecular complexity index is 733. The second-order valence-electron chi connectivity index (χ2n) is 6.02. The highest BCUT2D eigenvalue weighted by molar-refractivity contribution is 7.71. The summed E-state index contributed by atoms with van der Waals surface area (Å²) in [7, 11) is 0. The summed E-state index contributed by atoms with van der Waals surface area (Å²) < 4.78 is 16.7. The maximum absolute atomic E-state index is 13.7. The topological polar surface area (TPSA) is 24.0 Å². The van der Waals surface area contributed by atoms with Crippen LogP contribution in [0.3, 0.4) is 0 Å². The van der Waals surface area contributed by atoms with Crippen LogP contribution in [0.1, 0.15) is 30.9 Å². The van der Waals surface area contributed by atoms with Gasteiger partial charge in [-0.2, -0.15) is 0 Å². The number of hydrogen-bond donors (Lipinski definition) is 1. The van der Waals surface area contributed by atoms with Crippen molar-refractivity contribution in [3.8, 4) is 0 Å². The van der Waals surface area contributed by atoms with Gasteiger partial charge in [-0.05, 0) is 62.6 Å². The number of aryl methyl sites for hydroxylation is 1. The van der Waals surface area contributed by atoms with Crippen LogP contribution in [-0.2, 0) is 0 Å². The molecule has 2 aromatic rings. The Morgan fingerprint density at radius 3 is 2.95 bits per heavy atom. The predicted octanol–water partition coefficient (Wildman–Crippen LogP) is 3.56. The van der Waals surface area contributed by atoms with Crippen LogP contribution in [0.4, 0.5) is 4.39 Å². The van der Waals surface area contributed by atoms with E-state index >= 15 is 0 Å². The predicted molar refractivity (Wildman–Crippen MR) is 80.1 cm³/mol. The van der Waals surface area contributed by atoms with Crippen LogP contribution in [0.5, 0.6) is 0 Å². The lowest BCUT2D eigenvalue weighted by atomic mass is 10.1. The average Bonchev–Trinajstić information content (AvgIpc) is 3.05. The quantitative estimate of drug-likeness (QED) is 0.812. The molecule has 0 bridgehead atoms. The molecule has 2 fully saturated rings. The van der Waals surface area contributed by atoms with Gasteiger partial charge in [-0.1, -0.05) is 0 Å². The van der Waals surface area contributed by atoms with E-state index in [0.717, 1.165) is 28.8 Å². The van der Waals surface area contributed by atoms with Gasteiger partial charge in [0.25, 0.3) is 0 Å². The summed E-state index contributed by atoms with van der Waals surface area (Å²) in [5, 5.41) is 0. The largest absolute Gasteiger partial charge is 0.330 e. The fraction of sp³-hybridized carbons (Fsp3) is 0.533. The molecule has 20 heavy (non-hydrogen) atoms. The molecule has 0 radical (unpaired) electrons. The first-order chi connectivity index (χ1) is 9.65. The van der Waals surface area contributed by atoms with Crippen molar-refractivity contribution in [1.82, 2.24) is 14.5 Å². The van der Waals surface area contributed by atoms with Crippen molar-refractivity contribution < 1.29 is 4.39 Å². The van der Waals surface area contributed by atoms with Crippen LogP contribution in [0.2, 0.25) is 0 Å². The molecular formula is C15H18FN3S. The molecule has 3 heterocycles. The first-order valence-electron chi connectivity index (χ1n) is 7.29. The van der Waals surface area contributed by atoms with E-state index in [1.54, 1.807) is 6.07 Å². The SMILES string of the molecule is Cc1cc2c(cc1F)[nH]c(=S)n2C1CCN2CCCC12. The molecule has 0 spiro atoms. The Labute approximate surface area is 122 Å². The number of fused-ring (bicyclic) bond motifs is 2. The van der Waals surface area contributed by atoms with E-state index in [-0.39, 0.29) is 5.82 Å². The van der Waals surface area contributed by atoms with Crippen molar-refractivity contribution >= 4 is 23.3 Å². The second-order valence-corrected chi connectivity index (χ2v) is 6.41. The third kappa shape index (κ3) is 1.69. The summed E-state index contributed by atoms with van der Waals surface area (Å²) in [6.45, 7) is 4.18. The van der Waals surface area contributed by atoms with Gasteiger partial charge in [0.15, 0.2) is 4.77 Å². The van der Waals surface area contributed by atoms with Crippen molar-refractivity contribution in [2.24, 2.45) is 0 Å². The smallest absolute Gasteiger partial charge is 0.178 e. The van der Waals surface area contributed by atoms with E-state index in [9.17, 15) is 4.39 Å². The average molecular weight is 291 g/mol. The molecule has 0 saturated carbocycles. The lowest BCUT2D eigenvalue weighted by Gasteiger charge is -2.22. The number of nitrogens with one attached hydrogen (secondary N) is 1. The molecule has 2 atom stereocenters. The number of imidazole rings is 1. The molecule has 106 valence electrons. The third-order valence-electron chi connectivity index (χ3n) is 4.90. The summed E-state index contributed by atoms with van der Waals surface area (Å²) in [5.74, 6) is -0.171. The normalized spacial score (nSPS) is 26.5. The molecule has 0 amide bonds. The minimum absolute atomic E-state index is 0.171. The van der Waals surface area contributed by atoms with Gasteiger partial charge in [0.2, 0.25) is 0 Å². The number of aromatic nitrogens is 2. The summed E-state index contributed by atoms with van der Waals surface area (Å²) in [5.41, 5.74) is 2.55. The Morgan fingerprint density at radius 1 is 1.25 bits per heavy atom. The van der Waals surface area contributed by atoms with Gasteiger partial charge < -0.3 is 9.55 Å². The van der Waals surface area contributed by atoms with Crippen LogP contribution < -0.4 is 0 Å². The van der Waals surface area contributed by atoms with Gasteiger partial charge in [-0.15, -0.1) is 0 Å². The molecule has 0 aliphatic carbocycles. The Hall–Kier alpha value is -1.20. The van der Waals surface area contributed by atoms with E-state index < -0.39 is 0 Å².